The summed E-state index contributed by atoms with van der Waals surface area (Å²) in [5, 5.41) is 4.94. The highest BCUT2D eigenvalue weighted by atomic mass is 32.2. The lowest BCUT2D eigenvalue weighted by Crippen LogP contribution is -2.46. The van der Waals surface area contributed by atoms with Crippen molar-refractivity contribution in [2.24, 2.45) is 11.8 Å². The normalized spacial score (nSPS) is 18.9. The van der Waals surface area contributed by atoms with Crippen molar-refractivity contribution in [1.29, 1.82) is 0 Å². The van der Waals surface area contributed by atoms with Gasteiger partial charge in [-0.1, -0.05) is 32.0 Å². The second kappa shape index (κ2) is 9.94. The fraction of sp³-hybridized carbons (Fsp3) is 0.500. The maximum absolute atomic E-state index is 13.1. The Morgan fingerprint density at radius 3 is 2.60 bits per heavy atom. The van der Waals surface area contributed by atoms with E-state index in [-0.39, 0.29) is 24.4 Å². The van der Waals surface area contributed by atoms with Gasteiger partial charge in [-0.25, -0.2) is 8.42 Å². The average molecular weight is 451 g/mol. The number of piperidine rings is 1. The molecule has 1 aliphatic rings. The molecule has 1 fully saturated rings. The Bertz CT molecular complexity index is 925. The molecule has 6 nitrogen and oxygen atoms in total. The predicted molar refractivity (Wildman–Crippen MR) is 119 cm³/mol. The number of benzene rings is 1. The summed E-state index contributed by atoms with van der Waals surface area (Å²) in [6.07, 6.45) is 2.18. The van der Waals surface area contributed by atoms with Gasteiger partial charge in [-0.3, -0.25) is 4.79 Å². The summed E-state index contributed by atoms with van der Waals surface area (Å²) >= 11 is 1.21. The number of sulfonamides is 1. The number of rotatable bonds is 8. The van der Waals surface area contributed by atoms with Crippen LogP contribution >= 0.6 is 11.3 Å². The minimum Gasteiger partial charge on any atom is -0.497 e. The van der Waals surface area contributed by atoms with E-state index in [2.05, 4.69) is 19.2 Å². The Balaban J connectivity index is 1.71. The van der Waals surface area contributed by atoms with E-state index >= 15 is 0 Å². The van der Waals surface area contributed by atoms with E-state index in [1.165, 1.54) is 15.6 Å². The molecule has 2 heterocycles. The van der Waals surface area contributed by atoms with Crippen molar-refractivity contribution in [2.75, 3.05) is 20.2 Å². The van der Waals surface area contributed by atoms with Crippen molar-refractivity contribution in [3.63, 3.8) is 0 Å². The lowest BCUT2D eigenvalue weighted by atomic mass is 9.94. The van der Waals surface area contributed by atoms with Crippen LogP contribution in [0.25, 0.3) is 0 Å². The third-order valence-electron chi connectivity index (χ3n) is 5.39. The zero-order valence-corrected chi connectivity index (χ0v) is 19.3. The SMILES string of the molecule is COc1ccc([C@H](CC(C)C)NC(=O)[C@H]2CCCN(S(=O)(=O)c3cccs3)C2)cc1. The third kappa shape index (κ3) is 5.42. The van der Waals surface area contributed by atoms with Crippen molar-refractivity contribution >= 4 is 27.3 Å². The van der Waals surface area contributed by atoms with Gasteiger partial charge in [0, 0.05) is 13.1 Å². The first-order chi connectivity index (χ1) is 14.3. The fourth-order valence-electron chi connectivity index (χ4n) is 3.79. The topological polar surface area (TPSA) is 75.7 Å². The zero-order valence-electron chi connectivity index (χ0n) is 17.7. The maximum atomic E-state index is 13.1. The minimum atomic E-state index is -3.53. The molecule has 0 unspecified atom stereocenters. The molecule has 2 atom stereocenters. The summed E-state index contributed by atoms with van der Waals surface area (Å²) in [6, 6.07) is 11.0. The molecule has 1 aromatic carbocycles. The first-order valence-corrected chi connectivity index (χ1v) is 12.6. The van der Waals surface area contributed by atoms with Crippen LogP contribution < -0.4 is 10.1 Å². The standard InChI is InChI=1S/C22H30N2O4S2/c1-16(2)14-20(17-8-10-19(28-3)11-9-17)23-22(25)18-6-4-12-24(15-18)30(26,27)21-7-5-13-29-21/h5,7-11,13,16,18,20H,4,6,12,14-15H2,1-3H3,(H,23,25)/t18-,20-/m0/s1. The Morgan fingerprint density at radius 1 is 1.27 bits per heavy atom. The van der Waals surface area contributed by atoms with Gasteiger partial charge in [-0.15, -0.1) is 11.3 Å². The molecule has 164 valence electrons. The Morgan fingerprint density at radius 2 is 2.00 bits per heavy atom. The summed E-state index contributed by atoms with van der Waals surface area (Å²) in [5.74, 6) is 0.749. The molecule has 3 rings (SSSR count). The molecule has 0 saturated carbocycles. The molecular weight excluding hydrogens is 420 g/mol. The maximum Gasteiger partial charge on any atom is 0.252 e. The zero-order chi connectivity index (χ0) is 21.7. The molecule has 0 bridgehead atoms. The number of carbonyl (C=O) groups is 1. The first kappa shape index (κ1) is 22.8. The van der Waals surface area contributed by atoms with Crippen molar-refractivity contribution in [3.8, 4) is 5.75 Å². The number of hydrogen-bond acceptors (Lipinski definition) is 5. The molecule has 30 heavy (non-hydrogen) atoms. The highest BCUT2D eigenvalue weighted by Crippen LogP contribution is 2.28. The van der Waals surface area contributed by atoms with Gasteiger partial charge in [0.2, 0.25) is 5.91 Å². The van der Waals surface area contributed by atoms with Gasteiger partial charge in [-0.05, 0) is 54.3 Å². The van der Waals surface area contributed by atoms with Crippen LogP contribution in [-0.2, 0) is 14.8 Å². The van der Waals surface area contributed by atoms with Gasteiger partial charge in [0.1, 0.15) is 9.96 Å². The van der Waals surface area contributed by atoms with E-state index in [0.717, 1.165) is 17.7 Å². The molecule has 8 heteroatoms. The molecule has 1 aliphatic heterocycles. The van der Waals surface area contributed by atoms with E-state index in [1.807, 2.05) is 24.3 Å². The van der Waals surface area contributed by atoms with Gasteiger partial charge >= 0.3 is 0 Å². The van der Waals surface area contributed by atoms with Crippen LogP contribution in [0.2, 0.25) is 0 Å². The van der Waals surface area contributed by atoms with Crippen molar-refractivity contribution in [2.45, 2.75) is 43.4 Å². The van der Waals surface area contributed by atoms with E-state index in [1.54, 1.807) is 24.6 Å². The number of carbonyl (C=O) groups excluding carboxylic acids is 1. The molecule has 1 aromatic heterocycles. The third-order valence-corrected chi connectivity index (χ3v) is 8.62. The van der Waals surface area contributed by atoms with E-state index in [0.29, 0.717) is 29.5 Å². The van der Waals surface area contributed by atoms with Crippen LogP contribution in [0, 0.1) is 11.8 Å². The van der Waals surface area contributed by atoms with Crippen LogP contribution in [-0.4, -0.2) is 38.8 Å². The molecule has 1 saturated heterocycles. The van der Waals surface area contributed by atoms with Gasteiger partial charge in [-0.2, -0.15) is 4.31 Å². The average Bonchev–Trinajstić information content (AvgIpc) is 3.29. The Kier molecular flexibility index (Phi) is 7.55. The van der Waals surface area contributed by atoms with E-state index in [4.69, 9.17) is 4.74 Å². The number of thiophene rings is 1. The molecule has 1 N–H and O–H groups in total. The second-order valence-electron chi connectivity index (χ2n) is 8.10. The molecule has 0 spiro atoms. The first-order valence-electron chi connectivity index (χ1n) is 10.3. The van der Waals surface area contributed by atoms with Crippen molar-refractivity contribution < 1.29 is 17.9 Å². The predicted octanol–water partition coefficient (Wildman–Crippen LogP) is 4.06. The quantitative estimate of drug-likeness (QED) is 0.658. The highest BCUT2D eigenvalue weighted by Gasteiger charge is 2.34. The van der Waals surface area contributed by atoms with Crippen LogP contribution in [0.3, 0.4) is 0 Å². The molecule has 2 aromatic rings. The second-order valence-corrected chi connectivity index (χ2v) is 11.2. The van der Waals surface area contributed by atoms with Gasteiger partial charge in [0.25, 0.3) is 10.0 Å². The number of nitrogens with zero attached hydrogens (tertiary/aromatic N) is 1. The summed E-state index contributed by atoms with van der Waals surface area (Å²) in [4.78, 5) is 13.1. The number of methoxy groups -OCH3 is 1. The van der Waals surface area contributed by atoms with Crippen molar-refractivity contribution in [1.82, 2.24) is 9.62 Å². The summed E-state index contributed by atoms with van der Waals surface area (Å²) in [7, 11) is -1.91. The Hall–Kier alpha value is -1.90. The van der Waals surface area contributed by atoms with Crippen LogP contribution in [0.5, 0.6) is 5.75 Å². The van der Waals surface area contributed by atoms with Crippen LogP contribution in [0.4, 0.5) is 0 Å². The van der Waals surface area contributed by atoms with E-state index in [9.17, 15) is 13.2 Å². The van der Waals surface area contributed by atoms with Crippen molar-refractivity contribution in [3.05, 3.63) is 47.3 Å². The largest absolute Gasteiger partial charge is 0.497 e. The molecular formula is C22H30N2O4S2. The fourth-order valence-corrected chi connectivity index (χ4v) is 6.46. The lowest BCUT2D eigenvalue weighted by Gasteiger charge is -2.32. The van der Waals surface area contributed by atoms with Gasteiger partial charge in [0.05, 0.1) is 19.1 Å². The number of amides is 1. The molecule has 0 radical (unpaired) electrons. The Labute approximate surface area is 183 Å². The monoisotopic (exact) mass is 450 g/mol. The van der Waals surface area contributed by atoms with Gasteiger partial charge in [0.15, 0.2) is 0 Å². The highest BCUT2D eigenvalue weighted by molar-refractivity contribution is 7.91. The van der Waals surface area contributed by atoms with Gasteiger partial charge < -0.3 is 10.1 Å². The van der Waals surface area contributed by atoms with E-state index < -0.39 is 10.0 Å². The number of hydrogen-bond donors (Lipinski definition) is 1. The summed E-state index contributed by atoms with van der Waals surface area (Å²) in [5.41, 5.74) is 1.02. The minimum absolute atomic E-state index is 0.0810. The van der Waals surface area contributed by atoms with Crippen LogP contribution in [0.15, 0.2) is 46.0 Å². The summed E-state index contributed by atoms with van der Waals surface area (Å²) < 4.78 is 32.7. The smallest absolute Gasteiger partial charge is 0.252 e. The molecule has 1 amide bonds. The number of nitrogens with one attached hydrogen (secondary N) is 1. The lowest BCUT2D eigenvalue weighted by molar-refractivity contribution is -0.127. The van der Waals surface area contributed by atoms with Crippen LogP contribution in [0.1, 0.15) is 44.7 Å². The molecule has 0 aliphatic carbocycles. The summed E-state index contributed by atoms with van der Waals surface area (Å²) in [6.45, 7) is 4.93. The number of ether oxygens (including phenoxy) is 1.